The molecule has 64 valence electrons. The molecule has 0 atom stereocenters. The summed E-state index contributed by atoms with van der Waals surface area (Å²) in [6, 6.07) is 0. The van der Waals surface area contributed by atoms with Crippen LogP contribution in [0.3, 0.4) is 0 Å². The van der Waals surface area contributed by atoms with Crippen LogP contribution in [0.2, 0.25) is 0 Å². The summed E-state index contributed by atoms with van der Waals surface area (Å²) in [4.78, 5) is 1.40. The summed E-state index contributed by atoms with van der Waals surface area (Å²) in [6.07, 6.45) is 10.9. The van der Waals surface area contributed by atoms with Crippen LogP contribution < -0.4 is 0 Å². The summed E-state index contributed by atoms with van der Waals surface area (Å²) >= 11 is 0. The second-order valence-electron chi connectivity index (χ2n) is 2.76. The van der Waals surface area contributed by atoms with E-state index in [2.05, 4.69) is 49.7 Å². The van der Waals surface area contributed by atoms with E-state index in [-0.39, 0.29) is 0 Å². The first-order valence-corrected chi connectivity index (χ1v) is 6.24. The van der Waals surface area contributed by atoms with Gasteiger partial charge in [-0.05, 0) is 31.3 Å². The number of hydrogen-bond donors (Lipinski definition) is 0. The molecule has 0 bridgehead atoms. The molecular formula is C10H18S. The van der Waals surface area contributed by atoms with Crippen LogP contribution in [0.5, 0.6) is 0 Å². The van der Waals surface area contributed by atoms with Crippen LogP contribution in [-0.2, 0) is 0 Å². The molecule has 0 radical (unpaired) electrons. The number of hydrogen-bond acceptors (Lipinski definition) is 0. The smallest absolute Gasteiger partial charge is 0.0115 e. The first-order valence-electron chi connectivity index (χ1n) is 3.73. The van der Waals surface area contributed by atoms with Gasteiger partial charge in [0, 0.05) is 0 Å². The molecule has 0 aromatic rings. The molecule has 1 heteroatoms. The van der Waals surface area contributed by atoms with E-state index in [4.69, 9.17) is 0 Å². The predicted molar refractivity (Wildman–Crippen MR) is 58.2 cm³/mol. The Labute approximate surface area is 72.0 Å². The molecule has 0 spiro atoms. The maximum absolute atomic E-state index is 3.85. The Morgan fingerprint density at radius 2 is 1.82 bits per heavy atom. The van der Waals surface area contributed by atoms with Crippen LogP contribution >= 0.6 is 10.0 Å². The van der Waals surface area contributed by atoms with Crippen molar-refractivity contribution in [2.75, 3.05) is 12.5 Å². The molecule has 0 saturated carbocycles. The van der Waals surface area contributed by atoms with Crippen LogP contribution in [0, 0.1) is 0 Å². The quantitative estimate of drug-likeness (QED) is 0.567. The molecule has 0 fully saturated rings. The SMILES string of the molecule is C=CS(C)(C)C(/C=C\C)=C/C. The molecule has 0 aliphatic carbocycles. The Bertz CT molecular complexity index is 185. The van der Waals surface area contributed by atoms with Crippen LogP contribution in [-0.4, -0.2) is 12.5 Å². The highest BCUT2D eigenvalue weighted by molar-refractivity contribution is 8.38. The van der Waals surface area contributed by atoms with Crippen molar-refractivity contribution in [3.63, 3.8) is 0 Å². The zero-order valence-electron chi connectivity index (χ0n) is 7.92. The first-order chi connectivity index (χ1) is 5.08. The van der Waals surface area contributed by atoms with Crippen LogP contribution in [0.1, 0.15) is 13.8 Å². The van der Waals surface area contributed by atoms with E-state index in [9.17, 15) is 0 Å². The molecule has 0 nitrogen and oxygen atoms in total. The van der Waals surface area contributed by atoms with Gasteiger partial charge in [-0.25, -0.2) is 10.0 Å². The monoisotopic (exact) mass is 170 g/mol. The van der Waals surface area contributed by atoms with Crippen molar-refractivity contribution in [1.29, 1.82) is 0 Å². The average molecular weight is 170 g/mol. The lowest BCUT2D eigenvalue weighted by Gasteiger charge is -2.27. The van der Waals surface area contributed by atoms with Crippen molar-refractivity contribution in [3.8, 4) is 0 Å². The third-order valence-electron chi connectivity index (χ3n) is 1.64. The van der Waals surface area contributed by atoms with E-state index >= 15 is 0 Å². The highest BCUT2D eigenvalue weighted by atomic mass is 32.3. The maximum Gasteiger partial charge on any atom is -0.0115 e. The molecular weight excluding hydrogens is 152 g/mol. The van der Waals surface area contributed by atoms with Gasteiger partial charge in [0.1, 0.15) is 0 Å². The topological polar surface area (TPSA) is 0 Å². The third kappa shape index (κ3) is 2.98. The number of rotatable bonds is 3. The fourth-order valence-corrected chi connectivity index (χ4v) is 2.12. The first kappa shape index (κ1) is 10.6. The second-order valence-corrected chi connectivity index (χ2v) is 6.38. The van der Waals surface area contributed by atoms with E-state index in [1.807, 2.05) is 6.92 Å². The van der Waals surface area contributed by atoms with Gasteiger partial charge in [-0.3, -0.25) is 0 Å². The Kier molecular flexibility index (Phi) is 4.27. The van der Waals surface area contributed by atoms with Crippen molar-refractivity contribution >= 4 is 10.0 Å². The lowest BCUT2D eigenvalue weighted by molar-refractivity contribution is 1.65. The van der Waals surface area contributed by atoms with Gasteiger partial charge in [0.15, 0.2) is 0 Å². The lowest BCUT2D eigenvalue weighted by Crippen LogP contribution is -1.91. The van der Waals surface area contributed by atoms with Crippen molar-refractivity contribution in [2.45, 2.75) is 13.8 Å². The molecule has 0 aromatic carbocycles. The summed E-state index contributed by atoms with van der Waals surface area (Å²) in [7, 11) is -0.734. The summed E-state index contributed by atoms with van der Waals surface area (Å²) in [5, 5.41) is 2.06. The minimum atomic E-state index is -0.734. The lowest BCUT2D eigenvalue weighted by atomic mass is 10.4. The molecule has 0 unspecified atom stereocenters. The highest BCUT2D eigenvalue weighted by Crippen LogP contribution is 2.49. The zero-order valence-corrected chi connectivity index (χ0v) is 8.74. The summed E-state index contributed by atoms with van der Waals surface area (Å²) in [5.41, 5.74) is 0. The standard InChI is InChI=1S/C10H18S/c1-6-9-10(7-2)11(4,5)8-3/h6-9H,3H2,1-2,4-5H3/b9-6-,10-7+. The van der Waals surface area contributed by atoms with E-state index in [1.165, 1.54) is 4.91 Å². The van der Waals surface area contributed by atoms with E-state index in [1.54, 1.807) is 0 Å². The van der Waals surface area contributed by atoms with E-state index in [0.717, 1.165) is 0 Å². The molecule has 0 aliphatic rings. The van der Waals surface area contributed by atoms with Gasteiger partial charge in [0.25, 0.3) is 0 Å². The van der Waals surface area contributed by atoms with E-state index in [0.29, 0.717) is 0 Å². The normalized spacial score (nSPS) is 15.5. The third-order valence-corrected chi connectivity index (χ3v) is 4.06. The van der Waals surface area contributed by atoms with Gasteiger partial charge in [0.2, 0.25) is 0 Å². The fourth-order valence-electron chi connectivity index (χ4n) is 0.836. The summed E-state index contributed by atoms with van der Waals surface area (Å²) < 4.78 is 0. The molecule has 0 aliphatic heterocycles. The second kappa shape index (κ2) is 4.45. The van der Waals surface area contributed by atoms with Crippen molar-refractivity contribution < 1.29 is 0 Å². The Balaban J connectivity index is 4.65. The largest absolute Gasteiger partial charge is 0.201 e. The van der Waals surface area contributed by atoms with Gasteiger partial charge in [0.05, 0.1) is 0 Å². The molecule has 0 aromatic heterocycles. The molecule has 11 heavy (non-hydrogen) atoms. The highest BCUT2D eigenvalue weighted by Gasteiger charge is 2.08. The average Bonchev–Trinajstić information content (AvgIpc) is 2.00. The Morgan fingerprint density at radius 3 is 2.09 bits per heavy atom. The van der Waals surface area contributed by atoms with Crippen LogP contribution in [0.25, 0.3) is 0 Å². The summed E-state index contributed by atoms with van der Waals surface area (Å²) in [6.45, 7) is 7.97. The van der Waals surface area contributed by atoms with Gasteiger partial charge in [-0.2, -0.15) is 0 Å². The minimum Gasteiger partial charge on any atom is -0.201 e. The molecule has 0 heterocycles. The summed E-state index contributed by atoms with van der Waals surface area (Å²) in [5.74, 6) is 0. The van der Waals surface area contributed by atoms with Gasteiger partial charge < -0.3 is 0 Å². The van der Waals surface area contributed by atoms with Crippen molar-refractivity contribution in [1.82, 2.24) is 0 Å². The Morgan fingerprint density at radius 1 is 1.27 bits per heavy atom. The van der Waals surface area contributed by atoms with Crippen LogP contribution in [0.15, 0.2) is 35.1 Å². The van der Waals surface area contributed by atoms with Crippen molar-refractivity contribution in [3.05, 3.63) is 35.1 Å². The molecule has 0 amide bonds. The van der Waals surface area contributed by atoms with Crippen LogP contribution in [0.4, 0.5) is 0 Å². The predicted octanol–water partition coefficient (Wildman–Crippen LogP) is 3.67. The maximum atomic E-state index is 3.85. The Hall–Kier alpha value is -0.430. The van der Waals surface area contributed by atoms with Crippen molar-refractivity contribution in [2.24, 2.45) is 0 Å². The fraction of sp³-hybridized carbons (Fsp3) is 0.400. The van der Waals surface area contributed by atoms with Gasteiger partial charge in [-0.1, -0.05) is 30.2 Å². The zero-order chi connectivity index (χ0) is 8.91. The van der Waals surface area contributed by atoms with Gasteiger partial charge >= 0.3 is 0 Å². The molecule has 0 saturated heterocycles. The molecule has 0 rings (SSSR count). The molecule has 0 N–H and O–H groups in total. The minimum absolute atomic E-state index is 0.734. The van der Waals surface area contributed by atoms with E-state index < -0.39 is 10.0 Å². The van der Waals surface area contributed by atoms with Gasteiger partial charge in [-0.15, -0.1) is 0 Å². The number of allylic oxidation sites excluding steroid dienone is 3.